The van der Waals surface area contributed by atoms with Crippen molar-refractivity contribution in [2.45, 2.75) is 26.7 Å². The first-order valence-electron chi connectivity index (χ1n) is 3.78. The Morgan fingerprint density at radius 1 is 1.00 bits per heavy atom. The van der Waals surface area contributed by atoms with Crippen molar-refractivity contribution in [1.82, 2.24) is 0 Å². The van der Waals surface area contributed by atoms with Crippen molar-refractivity contribution < 1.29 is 0 Å². The van der Waals surface area contributed by atoms with Crippen LogP contribution in [0, 0.1) is 20.8 Å². The first-order valence-corrected chi connectivity index (χ1v) is 4.31. The molecule has 0 aliphatic heterocycles. The summed E-state index contributed by atoms with van der Waals surface area (Å²) in [6, 6.07) is 4.35. The van der Waals surface area contributed by atoms with Gasteiger partial charge in [-0.25, -0.2) is 0 Å². The maximum Gasteiger partial charge on any atom is 0.0476 e. The molecule has 11 heavy (non-hydrogen) atoms. The van der Waals surface area contributed by atoms with Gasteiger partial charge in [0.1, 0.15) is 0 Å². The monoisotopic (exact) mass is 168 g/mol. The molecule has 0 heterocycles. The molecule has 0 aromatic heterocycles. The fraction of sp³-hybridized carbons (Fsp3) is 0.400. The van der Waals surface area contributed by atoms with E-state index in [0.717, 1.165) is 0 Å². The average Bonchev–Trinajstić information content (AvgIpc) is 1.97. The molecule has 0 unspecified atom stereocenters. The summed E-state index contributed by atoms with van der Waals surface area (Å²) in [6.07, 6.45) is 0. The fourth-order valence-electron chi connectivity index (χ4n) is 1.16. The lowest BCUT2D eigenvalue weighted by molar-refractivity contribution is 1.22. The topological polar surface area (TPSA) is 0 Å². The van der Waals surface area contributed by atoms with Crippen molar-refractivity contribution in [2.24, 2.45) is 0 Å². The molecule has 1 heteroatoms. The van der Waals surface area contributed by atoms with Crippen LogP contribution in [0.25, 0.3) is 0 Å². The average molecular weight is 169 g/mol. The molecule has 0 saturated carbocycles. The second kappa shape index (κ2) is 3.27. The van der Waals surface area contributed by atoms with Crippen LogP contribution in [0.2, 0.25) is 0 Å². The predicted octanol–water partition coefficient (Wildman–Crippen LogP) is 3.35. The summed E-state index contributed by atoms with van der Waals surface area (Å²) in [5.74, 6) is 0.618. The molecule has 0 amide bonds. The summed E-state index contributed by atoms with van der Waals surface area (Å²) < 4.78 is 0. The molecule has 0 radical (unpaired) electrons. The maximum atomic E-state index is 5.76. The highest BCUT2D eigenvalue weighted by Crippen LogP contribution is 2.16. The summed E-state index contributed by atoms with van der Waals surface area (Å²) in [5.41, 5.74) is 5.21. The Bertz CT molecular complexity index is 264. The summed E-state index contributed by atoms with van der Waals surface area (Å²) >= 11 is 5.76. The van der Waals surface area contributed by atoms with Gasteiger partial charge in [-0.15, -0.1) is 11.6 Å². The normalized spacial score (nSPS) is 10.2. The van der Waals surface area contributed by atoms with E-state index < -0.39 is 0 Å². The molecule has 0 aliphatic rings. The number of aryl methyl sites for hydroxylation is 3. The van der Waals surface area contributed by atoms with Gasteiger partial charge >= 0.3 is 0 Å². The van der Waals surface area contributed by atoms with E-state index in [1.54, 1.807) is 0 Å². The molecule has 0 spiro atoms. The quantitative estimate of drug-likeness (QED) is 0.565. The van der Waals surface area contributed by atoms with Crippen molar-refractivity contribution in [3.63, 3.8) is 0 Å². The predicted molar refractivity (Wildman–Crippen MR) is 50.2 cm³/mol. The standard InChI is InChI=1S/C10H13Cl/c1-7-4-9(3)10(6-11)5-8(7)2/h4-5H,6H2,1-3H3. The highest BCUT2D eigenvalue weighted by atomic mass is 35.5. The van der Waals surface area contributed by atoms with Crippen molar-refractivity contribution in [1.29, 1.82) is 0 Å². The van der Waals surface area contributed by atoms with Gasteiger partial charge in [-0.05, 0) is 43.0 Å². The van der Waals surface area contributed by atoms with E-state index in [1.165, 1.54) is 22.3 Å². The van der Waals surface area contributed by atoms with Crippen LogP contribution in [0.15, 0.2) is 12.1 Å². The van der Waals surface area contributed by atoms with Gasteiger partial charge < -0.3 is 0 Å². The van der Waals surface area contributed by atoms with Gasteiger partial charge in [0.25, 0.3) is 0 Å². The number of benzene rings is 1. The second-order valence-electron chi connectivity index (χ2n) is 3.00. The van der Waals surface area contributed by atoms with Crippen LogP contribution in [0.3, 0.4) is 0 Å². The third-order valence-electron chi connectivity index (χ3n) is 2.10. The van der Waals surface area contributed by atoms with Crippen molar-refractivity contribution in [3.8, 4) is 0 Å². The van der Waals surface area contributed by atoms with E-state index in [1.807, 2.05) is 0 Å². The van der Waals surface area contributed by atoms with Gasteiger partial charge in [-0.2, -0.15) is 0 Å². The van der Waals surface area contributed by atoms with Crippen LogP contribution >= 0.6 is 11.6 Å². The minimum absolute atomic E-state index is 0.618. The summed E-state index contributed by atoms with van der Waals surface area (Å²) in [7, 11) is 0. The van der Waals surface area contributed by atoms with Crippen LogP contribution in [0.4, 0.5) is 0 Å². The van der Waals surface area contributed by atoms with Crippen LogP contribution in [0.5, 0.6) is 0 Å². The van der Waals surface area contributed by atoms with Crippen LogP contribution < -0.4 is 0 Å². The number of alkyl halides is 1. The van der Waals surface area contributed by atoms with Crippen LogP contribution in [-0.4, -0.2) is 0 Å². The second-order valence-corrected chi connectivity index (χ2v) is 3.26. The van der Waals surface area contributed by atoms with Gasteiger partial charge in [0, 0.05) is 5.88 Å². The maximum absolute atomic E-state index is 5.76. The van der Waals surface area contributed by atoms with E-state index in [9.17, 15) is 0 Å². The third kappa shape index (κ3) is 1.75. The zero-order chi connectivity index (χ0) is 8.43. The Labute approximate surface area is 73.2 Å². The van der Waals surface area contributed by atoms with Gasteiger partial charge in [0.2, 0.25) is 0 Å². The Morgan fingerprint density at radius 3 is 2.09 bits per heavy atom. The smallest absolute Gasteiger partial charge is 0.0476 e. The SMILES string of the molecule is Cc1cc(C)c(CCl)cc1C. The molecule has 1 rings (SSSR count). The minimum atomic E-state index is 0.618. The minimum Gasteiger partial charge on any atom is -0.122 e. The number of halogens is 1. The zero-order valence-corrected chi connectivity index (χ0v) is 8.00. The fourth-order valence-corrected chi connectivity index (χ4v) is 1.45. The van der Waals surface area contributed by atoms with E-state index in [-0.39, 0.29) is 0 Å². The summed E-state index contributed by atoms with van der Waals surface area (Å²) in [4.78, 5) is 0. The summed E-state index contributed by atoms with van der Waals surface area (Å²) in [6.45, 7) is 6.34. The Kier molecular flexibility index (Phi) is 2.56. The van der Waals surface area contributed by atoms with Crippen molar-refractivity contribution >= 4 is 11.6 Å². The van der Waals surface area contributed by atoms with Crippen LogP contribution in [0.1, 0.15) is 22.3 Å². The molecule has 1 aromatic rings. The Morgan fingerprint density at radius 2 is 1.55 bits per heavy atom. The highest BCUT2D eigenvalue weighted by molar-refractivity contribution is 6.17. The Hall–Kier alpha value is -0.490. The lowest BCUT2D eigenvalue weighted by Gasteiger charge is -2.06. The molecule has 0 atom stereocenters. The molecule has 0 aliphatic carbocycles. The molecular formula is C10H13Cl. The third-order valence-corrected chi connectivity index (χ3v) is 2.38. The van der Waals surface area contributed by atoms with Crippen LogP contribution in [-0.2, 0) is 5.88 Å². The summed E-state index contributed by atoms with van der Waals surface area (Å²) in [5, 5.41) is 0. The largest absolute Gasteiger partial charge is 0.122 e. The van der Waals surface area contributed by atoms with Crippen molar-refractivity contribution in [2.75, 3.05) is 0 Å². The molecule has 60 valence electrons. The van der Waals surface area contributed by atoms with E-state index in [2.05, 4.69) is 32.9 Å². The lowest BCUT2D eigenvalue weighted by Crippen LogP contribution is -1.89. The van der Waals surface area contributed by atoms with Gasteiger partial charge in [-0.1, -0.05) is 12.1 Å². The Balaban J connectivity index is 3.21. The number of rotatable bonds is 1. The molecule has 1 aromatic carbocycles. The first-order chi connectivity index (χ1) is 5.15. The van der Waals surface area contributed by atoms with Gasteiger partial charge in [0.05, 0.1) is 0 Å². The van der Waals surface area contributed by atoms with Gasteiger partial charge in [0.15, 0.2) is 0 Å². The molecule has 0 fully saturated rings. The molecule has 0 nitrogen and oxygen atoms in total. The molecular weight excluding hydrogens is 156 g/mol. The lowest BCUT2D eigenvalue weighted by atomic mass is 10.0. The molecule has 0 bridgehead atoms. The molecule has 0 N–H and O–H groups in total. The number of hydrogen-bond acceptors (Lipinski definition) is 0. The molecule has 0 saturated heterocycles. The number of hydrogen-bond donors (Lipinski definition) is 0. The van der Waals surface area contributed by atoms with E-state index in [4.69, 9.17) is 11.6 Å². The van der Waals surface area contributed by atoms with E-state index in [0.29, 0.717) is 5.88 Å². The van der Waals surface area contributed by atoms with Gasteiger partial charge in [-0.3, -0.25) is 0 Å². The van der Waals surface area contributed by atoms with E-state index >= 15 is 0 Å². The van der Waals surface area contributed by atoms with Crippen molar-refractivity contribution in [3.05, 3.63) is 34.4 Å². The first kappa shape index (κ1) is 8.61. The zero-order valence-electron chi connectivity index (χ0n) is 7.24. The highest BCUT2D eigenvalue weighted by Gasteiger charge is 1.99.